The lowest BCUT2D eigenvalue weighted by atomic mass is 9.82. The van der Waals surface area contributed by atoms with Gasteiger partial charge >= 0.3 is 12.1 Å². The molecule has 232 valence electrons. The molecule has 1 aromatic heterocycles. The number of carbonyl (C=O) groups excluding carboxylic acids is 3. The van der Waals surface area contributed by atoms with E-state index in [1.165, 1.54) is 6.20 Å². The fraction of sp³-hybridized carbons (Fsp3) is 0.265. The van der Waals surface area contributed by atoms with Crippen LogP contribution < -0.4 is 20.3 Å². The number of aromatic nitrogens is 1. The Hall–Kier alpha value is -5.45. The summed E-state index contributed by atoms with van der Waals surface area (Å²) in [6.45, 7) is 3.97. The molecule has 3 N–H and O–H groups in total. The van der Waals surface area contributed by atoms with E-state index >= 15 is 0 Å². The van der Waals surface area contributed by atoms with Crippen LogP contribution in [0, 0.1) is 5.92 Å². The second kappa shape index (κ2) is 13.5. The number of urea groups is 1. The maximum Gasteiger partial charge on any atom is 0.413 e. The molecule has 5 amide bonds. The van der Waals surface area contributed by atoms with Gasteiger partial charge in [0, 0.05) is 12.7 Å². The summed E-state index contributed by atoms with van der Waals surface area (Å²) in [5.41, 5.74) is 2.23. The third-order valence-electron chi connectivity index (χ3n) is 7.95. The fourth-order valence-electron chi connectivity index (χ4n) is 5.66. The third kappa shape index (κ3) is 6.57. The van der Waals surface area contributed by atoms with Crippen molar-refractivity contribution in [2.45, 2.75) is 38.9 Å². The largest absolute Gasteiger partial charge is 0.497 e. The van der Waals surface area contributed by atoms with Crippen LogP contribution in [0.1, 0.15) is 36.6 Å². The molecule has 4 aromatic rings. The lowest BCUT2D eigenvalue weighted by Gasteiger charge is -2.44. The van der Waals surface area contributed by atoms with Gasteiger partial charge in [-0.25, -0.2) is 14.6 Å². The van der Waals surface area contributed by atoms with Gasteiger partial charge < -0.3 is 20.5 Å². The highest BCUT2D eigenvalue weighted by atomic mass is 16.5. The molecule has 1 aliphatic rings. The van der Waals surface area contributed by atoms with E-state index in [0.29, 0.717) is 17.9 Å². The van der Waals surface area contributed by atoms with Gasteiger partial charge in [-0.15, -0.1) is 0 Å². The van der Waals surface area contributed by atoms with Gasteiger partial charge in [-0.05, 0) is 72.0 Å². The number of amides is 5. The van der Waals surface area contributed by atoms with Crippen LogP contribution in [0.4, 0.5) is 15.4 Å². The lowest BCUT2D eigenvalue weighted by Crippen LogP contribution is -2.70. The molecular weight excluding hydrogens is 574 g/mol. The van der Waals surface area contributed by atoms with Gasteiger partial charge in [-0.3, -0.25) is 19.4 Å². The van der Waals surface area contributed by atoms with Crippen LogP contribution in [-0.4, -0.2) is 58.6 Å². The summed E-state index contributed by atoms with van der Waals surface area (Å²) < 4.78 is 5.17. The first-order chi connectivity index (χ1) is 21.7. The zero-order valence-corrected chi connectivity index (χ0v) is 25.3. The highest BCUT2D eigenvalue weighted by Gasteiger charge is 2.54. The molecule has 1 fully saturated rings. The molecule has 3 atom stereocenters. The number of imide groups is 1. The predicted molar refractivity (Wildman–Crippen MR) is 169 cm³/mol. The summed E-state index contributed by atoms with van der Waals surface area (Å²) in [5, 5.41) is 17.6. The quantitative estimate of drug-likeness (QED) is 0.217. The molecule has 0 radical (unpaired) electrons. The number of β-lactam (4-membered cyclic amide) rings is 1. The molecule has 11 nitrogen and oxygen atoms in total. The number of ether oxygens (including phenoxy) is 1. The Morgan fingerprint density at radius 2 is 1.76 bits per heavy atom. The molecule has 1 saturated heterocycles. The molecule has 2 heterocycles. The number of likely N-dealkylation sites (N-methyl/N-ethyl adjacent to an activating group) is 1. The van der Waals surface area contributed by atoms with Crippen molar-refractivity contribution >= 4 is 40.5 Å². The third-order valence-corrected chi connectivity index (χ3v) is 7.95. The molecule has 0 aliphatic carbocycles. The first-order valence-electron chi connectivity index (χ1n) is 14.7. The Balaban J connectivity index is 1.33. The zero-order valence-electron chi connectivity index (χ0n) is 25.3. The van der Waals surface area contributed by atoms with E-state index in [2.05, 4.69) is 15.6 Å². The maximum absolute atomic E-state index is 13.4. The second-order valence-electron chi connectivity index (χ2n) is 10.8. The molecule has 3 aromatic carbocycles. The van der Waals surface area contributed by atoms with Crippen LogP contribution in [0.25, 0.3) is 10.8 Å². The number of likely N-dealkylation sites (tertiary alicyclic amines) is 1. The number of methoxy groups -OCH3 is 1. The first kappa shape index (κ1) is 31.0. The Bertz CT molecular complexity index is 1720. The van der Waals surface area contributed by atoms with E-state index in [9.17, 15) is 24.3 Å². The van der Waals surface area contributed by atoms with Crippen LogP contribution in [0.5, 0.6) is 5.75 Å². The van der Waals surface area contributed by atoms with Gasteiger partial charge in [0.25, 0.3) is 0 Å². The highest BCUT2D eigenvalue weighted by Crippen LogP contribution is 2.32. The van der Waals surface area contributed by atoms with Crippen LogP contribution in [-0.2, 0) is 22.6 Å². The predicted octanol–water partition coefficient (Wildman–Crippen LogP) is 4.90. The van der Waals surface area contributed by atoms with E-state index in [1.54, 1.807) is 50.4 Å². The van der Waals surface area contributed by atoms with E-state index in [-0.39, 0.29) is 18.8 Å². The van der Waals surface area contributed by atoms with Gasteiger partial charge in [-0.2, -0.15) is 0 Å². The number of hydrogen-bond donors (Lipinski definition) is 3. The van der Waals surface area contributed by atoms with Crippen LogP contribution in [0.2, 0.25) is 0 Å². The SMILES string of the molecule is CCNC(=O)[C@@H]1[C@@H](Cc2ccnc(N(Cc3ccc(OC)cc3)C(=O)O)c2)C(=O)N1C(=O)N[C@H](C)c1cccc2ccccc12. The first-order valence-corrected chi connectivity index (χ1v) is 14.7. The number of hydrogen-bond acceptors (Lipinski definition) is 6. The number of nitrogens with one attached hydrogen (secondary N) is 2. The molecule has 45 heavy (non-hydrogen) atoms. The van der Waals surface area contributed by atoms with Crippen LogP contribution in [0.15, 0.2) is 85.1 Å². The Kier molecular flexibility index (Phi) is 9.27. The standard InChI is InChI=1S/C34H35N5O6/c1-4-35-31(40)30-28(32(41)39(30)33(42)37-21(2)26-11-7-9-24-8-5-6-10-27(24)26)18-23-16-17-36-29(19-23)38(34(43)44)20-22-12-14-25(45-3)15-13-22/h5-17,19,21,28,30H,4,18,20H2,1-3H3,(H,35,40)(H,37,42)(H,43,44)/t21-,28-,30+/m1/s1. The molecule has 1 aliphatic heterocycles. The number of pyridine rings is 1. The number of rotatable bonds is 10. The van der Waals surface area contributed by atoms with Crippen LogP contribution in [0.3, 0.4) is 0 Å². The molecule has 0 saturated carbocycles. The summed E-state index contributed by atoms with van der Waals surface area (Å²) in [6, 6.07) is 21.8. The Morgan fingerprint density at radius 3 is 2.47 bits per heavy atom. The molecular formula is C34H35N5O6. The summed E-state index contributed by atoms with van der Waals surface area (Å²) in [5.74, 6) is -0.907. The summed E-state index contributed by atoms with van der Waals surface area (Å²) >= 11 is 0. The number of fused-ring (bicyclic) bond motifs is 1. The number of anilines is 1. The van der Waals surface area contributed by atoms with Crippen molar-refractivity contribution in [2.75, 3.05) is 18.6 Å². The molecule has 0 unspecified atom stereocenters. The Morgan fingerprint density at radius 1 is 1.02 bits per heavy atom. The molecule has 5 rings (SSSR count). The summed E-state index contributed by atoms with van der Waals surface area (Å²) in [6.07, 6.45) is 0.392. The van der Waals surface area contributed by atoms with E-state index in [4.69, 9.17) is 4.74 Å². The number of nitrogens with zero attached hydrogens (tertiary/aromatic N) is 3. The minimum atomic E-state index is -1.20. The maximum atomic E-state index is 13.4. The smallest absolute Gasteiger partial charge is 0.413 e. The monoisotopic (exact) mass is 609 g/mol. The van der Waals surface area contributed by atoms with Crippen molar-refractivity contribution in [1.82, 2.24) is 20.5 Å². The molecule has 11 heteroatoms. The zero-order chi connectivity index (χ0) is 32.1. The number of carbonyl (C=O) groups is 4. The van der Waals surface area contributed by atoms with Crippen molar-refractivity contribution in [3.63, 3.8) is 0 Å². The molecule has 0 bridgehead atoms. The summed E-state index contributed by atoms with van der Waals surface area (Å²) in [4.78, 5) is 58.5. The van der Waals surface area contributed by atoms with Gasteiger partial charge in [0.05, 0.1) is 25.6 Å². The second-order valence-corrected chi connectivity index (χ2v) is 10.8. The highest BCUT2D eigenvalue weighted by molar-refractivity contribution is 6.09. The number of benzene rings is 3. The minimum Gasteiger partial charge on any atom is -0.497 e. The van der Waals surface area contributed by atoms with Gasteiger partial charge in [0.1, 0.15) is 17.6 Å². The van der Waals surface area contributed by atoms with Crippen molar-refractivity contribution in [3.8, 4) is 5.75 Å². The van der Waals surface area contributed by atoms with Crippen molar-refractivity contribution in [2.24, 2.45) is 5.92 Å². The van der Waals surface area contributed by atoms with Crippen molar-refractivity contribution in [1.29, 1.82) is 0 Å². The van der Waals surface area contributed by atoms with Crippen molar-refractivity contribution in [3.05, 3.63) is 102 Å². The average Bonchev–Trinajstić information content (AvgIpc) is 3.04. The van der Waals surface area contributed by atoms with E-state index in [1.807, 2.05) is 49.4 Å². The number of carboxylic acid groups (broad SMARTS) is 1. The Labute approximate surface area is 260 Å². The normalized spacial score (nSPS) is 16.4. The van der Waals surface area contributed by atoms with E-state index in [0.717, 1.165) is 31.7 Å². The topological polar surface area (TPSA) is 141 Å². The van der Waals surface area contributed by atoms with Crippen LogP contribution >= 0.6 is 0 Å². The minimum absolute atomic E-state index is 0.0442. The van der Waals surface area contributed by atoms with Gasteiger partial charge in [-0.1, -0.05) is 54.6 Å². The van der Waals surface area contributed by atoms with E-state index < -0.39 is 41.9 Å². The molecule has 0 spiro atoms. The average molecular weight is 610 g/mol. The summed E-state index contributed by atoms with van der Waals surface area (Å²) in [7, 11) is 1.55. The van der Waals surface area contributed by atoms with Crippen molar-refractivity contribution < 1.29 is 29.0 Å². The lowest BCUT2D eigenvalue weighted by molar-refractivity contribution is -0.157. The van der Waals surface area contributed by atoms with Gasteiger partial charge in [0.2, 0.25) is 11.8 Å². The van der Waals surface area contributed by atoms with Gasteiger partial charge in [0.15, 0.2) is 0 Å². The fourth-order valence-corrected chi connectivity index (χ4v) is 5.66.